The lowest BCUT2D eigenvalue weighted by molar-refractivity contribution is -0.146. The Bertz CT molecular complexity index is 628. The number of aliphatic carboxylic acids is 1. The first-order chi connectivity index (χ1) is 8.86. The Morgan fingerprint density at radius 1 is 1.42 bits per heavy atom. The summed E-state index contributed by atoms with van der Waals surface area (Å²) in [5.74, 6) is -1.16. The Morgan fingerprint density at radius 2 is 2.11 bits per heavy atom. The minimum atomic E-state index is -0.908. The zero-order chi connectivity index (χ0) is 14.2. The molecule has 0 spiro atoms. The maximum absolute atomic E-state index is 14.0. The van der Waals surface area contributed by atoms with E-state index in [2.05, 4.69) is 0 Å². The molecule has 4 heteroatoms. The van der Waals surface area contributed by atoms with E-state index in [1.54, 1.807) is 19.9 Å². The lowest BCUT2D eigenvalue weighted by Gasteiger charge is -2.18. The Labute approximate surface area is 111 Å². The smallest absolute Gasteiger partial charge is 0.309 e. The van der Waals surface area contributed by atoms with Gasteiger partial charge < -0.3 is 9.67 Å². The van der Waals surface area contributed by atoms with Crippen molar-refractivity contribution < 1.29 is 14.3 Å². The highest BCUT2D eigenvalue weighted by Gasteiger charge is 2.29. The van der Waals surface area contributed by atoms with Crippen LogP contribution >= 0.6 is 0 Å². The zero-order valence-electron chi connectivity index (χ0n) is 11.4. The van der Waals surface area contributed by atoms with Gasteiger partial charge in [0, 0.05) is 18.1 Å². The van der Waals surface area contributed by atoms with Gasteiger partial charge in [-0.15, -0.1) is 0 Å². The van der Waals surface area contributed by atoms with Gasteiger partial charge in [0.05, 0.1) is 10.9 Å². The maximum Gasteiger partial charge on any atom is 0.309 e. The fourth-order valence-electron chi connectivity index (χ4n) is 2.34. The van der Waals surface area contributed by atoms with Crippen molar-refractivity contribution in [1.29, 1.82) is 0 Å². The van der Waals surface area contributed by atoms with E-state index in [9.17, 15) is 14.3 Å². The molecule has 0 aliphatic heterocycles. The van der Waals surface area contributed by atoms with Crippen LogP contribution in [0, 0.1) is 11.2 Å². The number of aromatic nitrogens is 1. The summed E-state index contributed by atoms with van der Waals surface area (Å²) in [6, 6.07) is 4.95. The SMILES string of the molecule is CCn1cc(CC(C)(C)C(=O)O)c2c(F)cccc21. The Hall–Kier alpha value is -1.84. The Balaban J connectivity index is 2.58. The van der Waals surface area contributed by atoms with Gasteiger partial charge in [-0.1, -0.05) is 6.07 Å². The summed E-state index contributed by atoms with van der Waals surface area (Å²) in [5, 5.41) is 9.75. The van der Waals surface area contributed by atoms with Crippen LogP contribution < -0.4 is 0 Å². The van der Waals surface area contributed by atoms with Crippen molar-refractivity contribution in [3.05, 3.63) is 35.8 Å². The Morgan fingerprint density at radius 3 is 2.68 bits per heavy atom. The number of carboxylic acids is 1. The van der Waals surface area contributed by atoms with Crippen molar-refractivity contribution in [2.24, 2.45) is 5.41 Å². The van der Waals surface area contributed by atoms with Gasteiger partial charge in [-0.25, -0.2) is 4.39 Å². The topological polar surface area (TPSA) is 42.2 Å². The molecule has 0 saturated heterocycles. The molecule has 0 bridgehead atoms. The van der Waals surface area contributed by atoms with E-state index >= 15 is 0 Å². The fraction of sp³-hybridized carbons (Fsp3) is 0.400. The number of benzene rings is 1. The van der Waals surface area contributed by atoms with Crippen LogP contribution in [0.3, 0.4) is 0 Å². The zero-order valence-corrected chi connectivity index (χ0v) is 11.4. The van der Waals surface area contributed by atoms with Gasteiger partial charge in [0.1, 0.15) is 5.82 Å². The minimum absolute atomic E-state index is 0.291. The summed E-state index contributed by atoms with van der Waals surface area (Å²) in [5.41, 5.74) is 0.663. The van der Waals surface area contributed by atoms with Crippen LogP contribution in [0.25, 0.3) is 10.9 Å². The van der Waals surface area contributed by atoms with E-state index in [-0.39, 0.29) is 5.82 Å². The highest BCUT2D eigenvalue weighted by molar-refractivity contribution is 5.85. The first-order valence-corrected chi connectivity index (χ1v) is 6.36. The van der Waals surface area contributed by atoms with Gasteiger partial charge in [0.2, 0.25) is 0 Å². The lowest BCUT2D eigenvalue weighted by Crippen LogP contribution is -2.26. The number of aryl methyl sites for hydroxylation is 1. The number of fused-ring (bicyclic) bond motifs is 1. The number of carbonyl (C=O) groups is 1. The van der Waals surface area contributed by atoms with E-state index in [0.717, 1.165) is 17.6 Å². The third-order valence-electron chi connectivity index (χ3n) is 3.49. The molecule has 0 radical (unpaired) electrons. The molecule has 1 heterocycles. The van der Waals surface area contributed by atoms with Crippen LogP contribution in [-0.2, 0) is 17.8 Å². The summed E-state index contributed by atoms with van der Waals surface area (Å²) in [6.07, 6.45) is 2.17. The molecule has 0 fully saturated rings. The largest absolute Gasteiger partial charge is 0.481 e. The second-order valence-corrected chi connectivity index (χ2v) is 5.44. The van der Waals surface area contributed by atoms with E-state index in [4.69, 9.17) is 0 Å². The molecular formula is C15H18FNO2. The number of nitrogens with zero attached hydrogens (tertiary/aromatic N) is 1. The van der Waals surface area contributed by atoms with Gasteiger partial charge in [0.25, 0.3) is 0 Å². The third-order valence-corrected chi connectivity index (χ3v) is 3.49. The summed E-state index contributed by atoms with van der Waals surface area (Å²) < 4.78 is 16.0. The predicted molar refractivity (Wildman–Crippen MR) is 72.7 cm³/mol. The van der Waals surface area contributed by atoms with Crippen LogP contribution in [0.15, 0.2) is 24.4 Å². The van der Waals surface area contributed by atoms with Gasteiger partial charge in [0.15, 0.2) is 0 Å². The van der Waals surface area contributed by atoms with Crippen molar-refractivity contribution >= 4 is 16.9 Å². The second kappa shape index (κ2) is 4.68. The fourth-order valence-corrected chi connectivity index (χ4v) is 2.34. The number of hydrogen-bond donors (Lipinski definition) is 1. The molecule has 0 aliphatic rings. The molecule has 19 heavy (non-hydrogen) atoms. The van der Waals surface area contributed by atoms with Crippen LogP contribution in [-0.4, -0.2) is 15.6 Å². The molecule has 0 atom stereocenters. The summed E-state index contributed by atoms with van der Waals surface area (Å²) >= 11 is 0. The van der Waals surface area contributed by atoms with Gasteiger partial charge in [-0.05, 0) is 44.9 Å². The summed E-state index contributed by atoms with van der Waals surface area (Å²) in [7, 11) is 0. The average molecular weight is 263 g/mol. The predicted octanol–water partition coefficient (Wildman–Crippen LogP) is 3.45. The van der Waals surface area contributed by atoms with Gasteiger partial charge >= 0.3 is 5.97 Å². The van der Waals surface area contributed by atoms with E-state index < -0.39 is 11.4 Å². The highest BCUT2D eigenvalue weighted by atomic mass is 19.1. The van der Waals surface area contributed by atoms with Gasteiger partial charge in [-0.2, -0.15) is 0 Å². The lowest BCUT2D eigenvalue weighted by atomic mass is 9.86. The van der Waals surface area contributed by atoms with Crippen molar-refractivity contribution in [3.63, 3.8) is 0 Å². The van der Waals surface area contributed by atoms with Crippen molar-refractivity contribution in [1.82, 2.24) is 4.57 Å². The molecule has 0 aliphatic carbocycles. The van der Waals surface area contributed by atoms with Crippen molar-refractivity contribution in [3.8, 4) is 0 Å². The second-order valence-electron chi connectivity index (χ2n) is 5.44. The molecule has 2 aromatic rings. The molecule has 0 amide bonds. The summed E-state index contributed by atoms with van der Waals surface area (Å²) in [6.45, 7) is 6.03. The average Bonchev–Trinajstić information content (AvgIpc) is 2.68. The number of halogens is 1. The number of rotatable bonds is 4. The first-order valence-electron chi connectivity index (χ1n) is 6.36. The van der Waals surface area contributed by atoms with E-state index in [1.807, 2.05) is 23.8 Å². The van der Waals surface area contributed by atoms with Crippen molar-refractivity contribution in [2.45, 2.75) is 33.7 Å². The van der Waals surface area contributed by atoms with Crippen LogP contribution in [0.1, 0.15) is 26.3 Å². The molecular weight excluding hydrogens is 245 g/mol. The first kappa shape index (κ1) is 13.6. The van der Waals surface area contributed by atoms with Crippen LogP contribution in [0.5, 0.6) is 0 Å². The molecule has 0 saturated carbocycles. The highest BCUT2D eigenvalue weighted by Crippen LogP contribution is 2.30. The van der Waals surface area contributed by atoms with Crippen LogP contribution in [0.2, 0.25) is 0 Å². The maximum atomic E-state index is 14.0. The van der Waals surface area contributed by atoms with E-state index in [0.29, 0.717) is 11.8 Å². The minimum Gasteiger partial charge on any atom is -0.481 e. The normalized spacial score (nSPS) is 12.0. The molecule has 3 nitrogen and oxygen atoms in total. The molecule has 0 unspecified atom stereocenters. The quantitative estimate of drug-likeness (QED) is 0.918. The molecule has 1 N–H and O–H groups in total. The molecule has 1 aromatic heterocycles. The summed E-state index contributed by atoms with van der Waals surface area (Å²) in [4.78, 5) is 11.2. The number of hydrogen-bond acceptors (Lipinski definition) is 1. The van der Waals surface area contributed by atoms with Crippen molar-refractivity contribution in [2.75, 3.05) is 0 Å². The molecule has 102 valence electrons. The van der Waals surface area contributed by atoms with Crippen LogP contribution in [0.4, 0.5) is 4.39 Å². The standard InChI is InChI=1S/C15H18FNO2/c1-4-17-9-10(8-15(2,3)14(18)19)13-11(16)6-5-7-12(13)17/h5-7,9H,4,8H2,1-3H3,(H,18,19). The molecule has 1 aromatic carbocycles. The Kier molecular flexibility index (Phi) is 3.35. The molecule has 2 rings (SSSR count). The van der Waals surface area contributed by atoms with E-state index in [1.165, 1.54) is 6.07 Å². The monoisotopic (exact) mass is 263 g/mol. The third kappa shape index (κ3) is 2.35. The number of carboxylic acid groups (broad SMARTS) is 1. The van der Waals surface area contributed by atoms with Gasteiger partial charge in [-0.3, -0.25) is 4.79 Å².